The molecule has 3 heterocycles. The normalized spacial score (nSPS) is 14.3. The molecule has 32 heavy (non-hydrogen) atoms. The Morgan fingerprint density at radius 3 is 2.69 bits per heavy atom. The number of nitrogens with zero attached hydrogens (tertiary/aromatic N) is 4. The molecule has 0 saturated carbocycles. The molecule has 11 heteroatoms. The lowest BCUT2D eigenvalue weighted by atomic mass is 10.0. The largest absolute Gasteiger partial charge is 0.381 e. The second-order valence-electron chi connectivity index (χ2n) is 7.51. The Hall–Kier alpha value is -3.60. The van der Waals surface area contributed by atoms with Crippen LogP contribution in [-0.2, 0) is 17.8 Å². The molecule has 1 aromatic carbocycles. The van der Waals surface area contributed by atoms with Gasteiger partial charge in [0.1, 0.15) is 17.5 Å². The number of hydrogen-bond donors (Lipinski definition) is 3. The van der Waals surface area contributed by atoms with E-state index in [0.29, 0.717) is 11.6 Å². The zero-order valence-electron chi connectivity index (χ0n) is 17.2. The van der Waals surface area contributed by atoms with Gasteiger partial charge in [0.2, 0.25) is 5.95 Å². The molecule has 1 amide bonds. The summed E-state index contributed by atoms with van der Waals surface area (Å²) >= 11 is 0. The zero-order valence-corrected chi connectivity index (χ0v) is 17.2. The van der Waals surface area contributed by atoms with Gasteiger partial charge in [-0.05, 0) is 30.9 Å². The van der Waals surface area contributed by atoms with E-state index in [-0.39, 0.29) is 29.4 Å². The van der Waals surface area contributed by atoms with E-state index in [4.69, 9.17) is 10.5 Å². The fraction of sp³-hybridized carbons (Fsp3) is 0.333. The molecule has 0 bridgehead atoms. The van der Waals surface area contributed by atoms with Gasteiger partial charge in [-0.2, -0.15) is 10.1 Å². The van der Waals surface area contributed by atoms with Crippen LogP contribution in [0.5, 0.6) is 0 Å². The summed E-state index contributed by atoms with van der Waals surface area (Å²) in [6.45, 7) is 2.10. The number of nitrogens with one attached hydrogen (secondary N) is 2. The summed E-state index contributed by atoms with van der Waals surface area (Å²) in [5.41, 5.74) is 5.88. The highest BCUT2D eigenvalue weighted by Gasteiger charge is 2.17. The van der Waals surface area contributed by atoms with Crippen molar-refractivity contribution in [2.45, 2.75) is 25.9 Å². The highest BCUT2D eigenvalue weighted by molar-refractivity contribution is 5.97. The van der Waals surface area contributed by atoms with Gasteiger partial charge in [-0.25, -0.2) is 13.8 Å². The van der Waals surface area contributed by atoms with Crippen LogP contribution in [0.25, 0.3) is 0 Å². The zero-order chi connectivity index (χ0) is 22.5. The first-order valence-corrected chi connectivity index (χ1v) is 10.2. The van der Waals surface area contributed by atoms with Crippen LogP contribution in [0.15, 0.2) is 36.8 Å². The van der Waals surface area contributed by atoms with Gasteiger partial charge in [-0.3, -0.25) is 9.48 Å². The van der Waals surface area contributed by atoms with Crippen LogP contribution in [0.3, 0.4) is 0 Å². The minimum atomic E-state index is -0.766. The lowest BCUT2D eigenvalue weighted by molar-refractivity contribution is 0.0601. The predicted molar refractivity (Wildman–Crippen MR) is 113 cm³/mol. The quantitative estimate of drug-likeness (QED) is 0.490. The Kier molecular flexibility index (Phi) is 6.55. The van der Waals surface area contributed by atoms with Gasteiger partial charge in [0.15, 0.2) is 0 Å². The number of amides is 1. The number of carbonyl (C=O) groups is 1. The lowest BCUT2D eigenvalue weighted by Crippen LogP contribution is -2.20. The van der Waals surface area contributed by atoms with Crippen LogP contribution in [0.1, 0.15) is 28.8 Å². The Balaban J connectivity index is 1.47. The van der Waals surface area contributed by atoms with Crippen molar-refractivity contribution < 1.29 is 18.3 Å². The summed E-state index contributed by atoms with van der Waals surface area (Å²) in [5.74, 6) is -1.43. The van der Waals surface area contributed by atoms with Gasteiger partial charge in [0, 0.05) is 44.3 Å². The molecule has 1 saturated heterocycles. The smallest absolute Gasteiger partial charge is 0.254 e. The first-order chi connectivity index (χ1) is 15.5. The lowest BCUT2D eigenvalue weighted by Gasteiger charge is -2.21. The number of rotatable bonds is 8. The summed E-state index contributed by atoms with van der Waals surface area (Å²) in [5, 5.41) is 10.1. The molecule has 168 valence electrons. The average molecular weight is 443 g/mol. The SMILES string of the molecule is NC(=O)c1cnc(Nc2cnn(CC3CCOCC3)c2)nc1NCc1c(F)cccc1F. The highest BCUT2D eigenvalue weighted by atomic mass is 19.1. The number of aromatic nitrogens is 4. The maximum atomic E-state index is 13.9. The second-order valence-corrected chi connectivity index (χ2v) is 7.51. The molecule has 1 aliphatic rings. The van der Waals surface area contributed by atoms with Crippen molar-refractivity contribution in [2.75, 3.05) is 23.8 Å². The van der Waals surface area contributed by atoms with Gasteiger partial charge in [0.05, 0.1) is 17.4 Å². The van der Waals surface area contributed by atoms with E-state index in [2.05, 4.69) is 25.7 Å². The fourth-order valence-corrected chi connectivity index (χ4v) is 3.48. The third-order valence-electron chi connectivity index (χ3n) is 5.22. The van der Waals surface area contributed by atoms with Gasteiger partial charge in [0.25, 0.3) is 5.91 Å². The monoisotopic (exact) mass is 443 g/mol. The van der Waals surface area contributed by atoms with Crippen molar-refractivity contribution in [1.29, 1.82) is 0 Å². The van der Waals surface area contributed by atoms with E-state index in [1.54, 1.807) is 6.20 Å². The summed E-state index contributed by atoms with van der Waals surface area (Å²) in [6.07, 6.45) is 6.73. The van der Waals surface area contributed by atoms with Crippen LogP contribution in [0.2, 0.25) is 0 Å². The maximum Gasteiger partial charge on any atom is 0.254 e. The molecule has 0 spiro atoms. The van der Waals surface area contributed by atoms with Gasteiger partial charge in [-0.15, -0.1) is 0 Å². The minimum absolute atomic E-state index is 0.00232. The number of hydrogen-bond acceptors (Lipinski definition) is 7. The number of benzene rings is 1. The molecular weight excluding hydrogens is 420 g/mol. The van der Waals surface area contributed by atoms with E-state index < -0.39 is 17.5 Å². The van der Waals surface area contributed by atoms with Crippen LogP contribution in [-0.4, -0.2) is 38.9 Å². The van der Waals surface area contributed by atoms with Crippen molar-refractivity contribution in [3.05, 3.63) is 59.6 Å². The Morgan fingerprint density at radius 2 is 1.97 bits per heavy atom. The number of ether oxygens (including phenoxy) is 1. The predicted octanol–water partition coefficient (Wildman–Crippen LogP) is 2.83. The topological polar surface area (TPSA) is 120 Å². The average Bonchev–Trinajstić information content (AvgIpc) is 3.20. The number of carbonyl (C=O) groups excluding carboxylic acids is 1. The summed E-state index contributed by atoms with van der Waals surface area (Å²) in [7, 11) is 0. The molecule has 4 N–H and O–H groups in total. The second kappa shape index (κ2) is 9.69. The minimum Gasteiger partial charge on any atom is -0.381 e. The molecule has 9 nitrogen and oxygen atoms in total. The summed E-state index contributed by atoms with van der Waals surface area (Å²) in [6, 6.07) is 3.58. The van der Waals surface area contributed by atoms with E-state index >= 15 is 0 Å². The number of anilines is 3. The molecule has 0 radical (unpaired) electrons. The number of nitrogens with two attached hydrogens (primary N) is 1. The van der Waals surface area contributed by atoms with Crippen LogP contribution >= 0.6 is 0 Å². The Bertz CT molecular complexity index is 1080. The van der Waals surface area contributed by atoms with Crippen molar-refractivity contribution in [1.82, 2.24) is 19.7 Å². The van der Waals surface area contributed by atoms with Crippen LogP contribution in [0.4, 0.5) is 26.2 Å². The van der Waals surface area contributed by atoms with E-state index in [0.717, 1.165) is 44.7 Å². The van der Waals surface area contributed by atoms with Gasteiger partial charge in [-0.1, -0.05) is 6.07 Å². The molecule has 1 fully saturated rings. The van der Waals surface area contributed by atoms with Crippen LogP contribution in [0, 0.1) is 17.6 Å². The molecule has 0 atom stereocenters. The van der Waals surface area contributed by atoms with Crippen molar-refractivity contribution in [3.63, 3.8) is 0 Å². The molecule has 1 aliphatic heterocycles. The van der Waals surface area contributed by atoms with Crippen molar-refractivity contribution >= 4 is 23.4 Å². The van der Waals surface area contributed by atoms with Crippen LogP contribution < -0.4 is 16.4 Å². The molecule has 0 aliphatic carbocycles. The van der Waals surface area contributed by atoms with Crippen molar-refractivity contribution in [3.8, 4) is 0 Å². The molecule has 0 unspecified atom stereocenters. The molecule has 2 aromatic heterocycles. The van der Waals surface area contributed by atoms with Gasteiger partial charge < -0.3 is 21.1 Å². The van der Waals surface area contributed by atoms with E-state index in [1.807, 2.05) is 10.9 Å². The van der Waals surface area contributed by atoms with Crippen molar-refractivity contribution in [2.24, 2.45) is 11.7 Å². The van der Waals surface area contributed by atoms with E-state index in [9.17, 15) is 13.6 Å². The van der Waals surface area contributed by atoms with E-state index in [1.165, 1.54) is 12.3 Å². The highest BCUT2D eigenvalue weighted by Crippen LogP contribution is 2.21. The molecular formula is C21H23F2N7O2. The number of halogens is 2. The Labute approximate surface area is 183 Å². The maximum absolute atomic E-state index is 13.9. The summed E-state index contributed by atoms with van der Waals surface area (Å²) in [4.78, 5) is 20.1. The van der Waals surface area contributed by atoms with Gasteiger partial charge >= 0.3 is 0 Å². The standard InChI is InChI=1S/C21H23F2N7O2/c22-17-2-1-3-18(23)15(17)9-25-20-16(19(24)31)10-26-21(29-20)28-14-8-27-30(12-14)11-13-4-6-32-7-5-13/h1-3,8,10,12-13H,4-7,9,11H2,(H2,24,31)(H2,25,26,28,29). The third kappa shape index (κ3) is 5.17. The number of primary amides is 1. The first kappa shape index (κ1) is 21.6. The molecule has 4 rings (SSSR count). The Morgan fingerprint density at radius 1 is 1.22 bits per heavy atom. The summed E-state index contributed by atoms with van der Waals surface area (Å²) < 4.78 is 35.1. The first-order valence-electron chi connectivity index (χ1n) is 10.2. The fourth-order valence-electron chi connectivity index (χ4n) is 3.48. The molecule has 3 aromatic rings. The third-order valence-corrected chi connectivity index (χ3v) is 5.22.